The van der Waals surface area contributed by atoms with E-state index in [1.807, 2.05) is 0 Å². The minimum Gasteiger partial charge on any atom is -0.357 e. The normalized spacial score (nSPS) is 11.7. The standard InChI is InChI=1S/C16H22N2/c1-16(2,15-7-5-4-6-8-15)13-17-11-14-9-10-18(3)12-14/h4-10,12,17H,11,13H2,1-3H3. The molecular formula is C16H22N2. The largest absolute Gasteiger partial charge is 0.357 e. The Bertz CT molecular complexity index is 483. The Hall–Kier alpha value is -1.54. The first-order valence-electron chi connectivity index (χ1n) is 6.45. The molecule has 0 aliphatic rings. The van der Waals surface area contributed by atoms with Gasteiger partial charge in [-0.05, 0) is 17.2 Å². The predicted molar refractivity (Wildman–Crippen MR) is 76.6 cm³/mol. The second-order valence-electron chi connectivity index (χ2n) is 5.54. The van der Waals surface area contributed by atoms with Gasteiger partial charge in [-0.2, -0.15) is 0 Å². The molecule has 0 aliphatic heterocycles. The zero-order chi connectivity index (χ0) is 13.0. The van der Waals surface area contributed by atoms with Crippen LogP contribution < -0.4 is 5.32 Å². The number of aromatic nitrogens is 1. The number of benzene rings is 1. The Balaban J connectivity index is 1.89. The predicted octanol–water partition coefficient (Wildman–Crippen LogP) is 3.09. The zero-order valence-electron chi connectivity index (χ0n) is 11.5. The smallest absolute Gasteiger partial charge is 0.0220 e. The van der Waals surface area contributed by atoms with Crippen molar-refractivity contribution in [2.24, 2.45) is 7.05 Å². The fourth-order valence-corrected chi connectivity index (χ4v) is 2.18. The molecule has 2 nitrogen and oxygen atoms in total. The maximum absolute atomic E-state index is 3.54. The first-order valence-corrected chi connectivity index (χ1v) is 6.45. The molecule has 0 unspecified atom stereocenters. The molecule has 2 aromatic rings. The molecule has 0 saturated carbocycles. The van der Waals surface area contributed by atoms with Gasteiger partial charge in [0.25, 0.3) is 0 Å². The lowest BCUT2D eigenvalue weighted by molar-refractivity contribution is 0.469. The molecule has 2 rings (SSSR count). The van der Waals surface area contributed by atoms with Gasteiger partial charge in [-0.1, -0.05) is 44.2 Å². The quantitative estimate of drug-likeness (QED) is 0.852. The van der Waals surface area contributed by atoms with Gasteiger partial charge >= 0.3 is 0 Å². The van der Waals surface area contributed by atoms with Crippen molar-refractivity contribution in [1.82, 2.24) is 9.88 Å². The number of nitrogens with one attached hydrogen (secondary N) is 1. The third kappa shape index (κ3) is 3.23. The van der Waals surface area contributed by atoms with E-state index in [0.29, 0.717) is 0 Å². The summed E-state index contributed by atoms with van der Waals surface area (Å²) in [5, 5.41) is 3.54. The van der Waals surface area contributed by atoms with Crippen molar-refractivity contribution in [2.75, 3.05) is 6.54 Å². The fraction of sp³-hybridized carbons (Fsp3) is 0.375. The molecule has 18 heavy (non-hydrogen) atoms. The highest BCUT2D eigenvalue weighted by Crippen LogP contribution is 2.21. The Morgan fingerprint density at radius 3 is 2.44 bits per heavy atom. The maximum atomic E-state index is 3.54. The number of aryl methyl sites for hydroxylation is 1. The Labute approximate surface area is 110 Å². The molecule has 96 valence electrons. The Morgan fingerprint density at radius 2 is 1.83 bits per heavy atom. The van der Waals surface area contributed by atoms with Crippen molar-refractivity contribution in [1.29, 1.82) is 0 Å². The van der Waals surface area contributed by atoms with Gasteiger partial charge in [0.05, 0.1) is 0 Å². The topological polar surface area (TPSA) is 17.0 Å². The molecule has 0 fully saturated rings. The number of hydrogen-bond donors (Lipinski definition) is 1. The summed E-state index contributed by atoms with van der Waals surface area (Å²) in [6.07, 6.45) is 4.24. The van der Waals surface area contributed by atoms with Crippen LogP contribution in [0.25, 0.3) is 0 Å². The number of nitrogens with zero attached hydrogens (tertiary/aromatic N) is 1. The first kappa shape index (κ1) is 12.9. The van der Waals surface area contributed by atoms with Crippen LogP contribution in [0.4, 0.5) is 0 Å². The van der Waals surface area contributed by atoms with E-state index in [9.17, 15) is 0 Å². The van der Waals surface area contributed by atoms with E-state index in [-0.39, 0.29) is 5.41 Å². The van der Waals surface area contributed by atoms with Crippen LogP contribution in [0.1, 0.15) is 25.0 Å². The summed E-state index contributed by atoms with van der Waals surface area (Å²) in [7, 11) is 2.05. The summed E-state index contributed by atoms with van der Waals surface area (Å²) in [6.45, 7) is 6.46. The third-order valence-electron chi connectivity index (χ3n) is 3.34. The monoisotopic (exact) mass is 242 g/mol. The average Bonchev–Trinajstić information content (AvgIpc) is 2.76. The lowest BCUT2D eigenvalue weighted by Gasteiger charge is -2.25. The average molecular weight is 242 g/mol. The van der Waals surface area contributed by atoms with Crippen molar-refractivity contribution in [2.45, 2.75) is 25.8 Å². The molecule has 0 amide bonds. The van der Waals surface area contributed by atoms with Gasteiger partial charge in [-0.25, -0.2) is 0 Å². The molecule has 0 spiro atoms. The lowest BCUT2D eigenvalue weighted by Crippen LogP contribution is -2.32. The van der Waals surface area contributed by atoms with Gasteiger partial charge < -0.3 is 9.88 Å². The third-order valence-corrected chi connectivity index (χ3v) is 3.34. The van der Waals surface area contributed by atoms with Crippen molar-refractivity contribution >= 4 is 0 Å². The van der Waals surface area contributed by atoms with Crippen LogP contribution in [0.15, 0.2) is 48.8 Å². The molecule has 0 atom stereocenters. The maximum Gasteiger partial charge on any atom is 0.0220 e. The van der Waals surface area contributed by atoms with Gasteiger partial charge in [0.15, 0.2) is 0 Å². The Morgan fingerprint density at radius 1 is 1.11 bits per heavy atom. The number of rotatable bonds is 5. The van der Waals surface area contributed by atoms with E-state index in [2.05, 4.69) is 79.6 Å². The van der Waals surface area contributed by atoms with Crippen LogP contribution in [-0.2, 0) is 19.0 Å². The van der Waals surface area contributed by atoms with Gasteiger partial charge in [-0.15, -0.1) is 0 Å². The molecule has 0 saturated heterocycles. The van der Waals surface area contributed by atoms with E-state index >= 15 is 0 Å². The van der Waals surface area contributed by atoms with Gasteiger partial charge in [-0.3, -0.25) is 0 Å². The van der Waals surface area contributed by atoms with Crippen molar-refractivity contribution in [3.05, 3.63) is 59.9 Å². The number of hydrogen-bond acceptors (Lipinski definition) is 1. The summed E-state index contributed by atoms with van der Waals surface area (Å²) in [6, 6.07) is 12.8. The SMILES string of the molecule is Cn1ccc(CNCC(C)(C)c2ccccc2)c1. The van der Waals surface area contributed by atoms with Crippen molar-refractivity contribution in [3.8, 4) is 0 Å². The highest BCUT2D eigenvalue weighted by Gasteiger charge is 2.19. The highest BCUT2D eigenvalue weighted by atomic mass is 14.9. The van der Waals surface area contributed by atoms with Crippen molar-refractivity contribution < 1.29 is 0 Å². The zero-order valence-corrected chi connectivity index (χ0v) is 11.5. The summed E-state index contributed by atoms with van der Waals surface area (Å²) in [5.41, 5.74) is 2.88. The van der Waals surface area contributed by atoms with E-state index < -0.39 is 0 Å². The molecule has 1 aromatic heterocycles. The van der Waals surface area contributed by atoms with Crippen LogP contribution in [-0.4, -0.2) is 11.1 Å². The lowest BCUT2D eigenvalue weighted by atomic mass is 9.84. The summed E-state index contributed by atoms with van der Waals surface area (Å²) in [5.74, 6) is 0. The van der Waals surface area contributed by atoms with Crippen LogP contribution in [0.2, 0.25) is 0 Å². The van der Waals surface area contributed by atoms with E-state index in [1.165, 1.54) is 11.1 Å². The van der Waals surface area contributed by atoms with Crippen LogP contribution in [0.5, 0.6) is 0 Å². The molecule has 1 N–H and O–H groups in total. The second kappa shape index (κ2) is 5.40. The minimum absolute atomic E-state index is 0.163. The molecule has 2 heteroatoms. The van der Waals surface area contributed by atoms with Crippen LogP contribution >= 0.6 is 0 Å². The van der Waals surface area contributed by atoms with E-state index in [1.54, 1.807) is 0 Å². The summed E-state index contributed by atoms with van der Waals surface area (Å²) in [4.78, 5) is 0. The van der Waals surface area contributed by atoms with Crippen LogP contribution in [0.3, 0.4) is 0 Å². The van der Waals surface area contributed by atoms with Gasteiger partial charge in [0.2, 0.25) is 0 Å². The molecule has 0 aliphatic carbocycles. The first-order chi connectivity index (χ1) is 8.58. The minimum atomic E-state index is 0.163. The second-order valence-corrected chi connectivity index (χ2v) is 5.54. The van der Waals surface area contributed by atoms with E-state index in [4.69, 9.17) is 0 Å². The molecule has 1 heterocycles. The highest BCUT2D eigenvalue weighted by molar-refractivity contribution is 5.24. The molecule has 0 radical (unpaired) electrons. The van der Waals surface area contributed by atoms with Crippen LogP contribution in [0, 0.1) is 0 Å². The summed E-state index contributed by atoms with van der Waals surface area (Å²) < 4.78 is 2.08. The van der Waals surface area contributed by atoms with Gasteiger partial charge in [0.1, 0.15) is 0 Å². The molecular weight excluding hydrogens is 220 g/mol. The van der Waals surface area contributed by atoms with E-state index in [0.717, 1.165) is 13.1 Å². The van der Waals surface area contributed by atoms with Crippen molar-refractivity contribution in [3.63, 3.8) is 0 Å². The molecule has 0 bridgehead atoms. The van der Waals surface area contributed by atoms with Gasteiger partial charge in [0, 0.05) is 37.9 Å². The molecule has 1 aromatic carbocycles. The Kier molecular flexibility index (Phi) is 3.87. The summed E-state index contributed by atoms with van der Waals surface area (Å²) >= 11 is 0. The fourth-order valence-electron chi connectivity index (χ4n) is 2.18.